The highest BCUT2D eigenvalue weighted by atomic mass is 16.7. The highest BCUT2D eigenvalue weighted by molar-refractivity contribution is 5.94. The van der Waals surface area contributed by atoms with Crippen molar-refractivity contribution >= 4 is 29.7 Å². The van der Waals surface area contributed by atoms with E-state index in [1.54, 1.807) is 42.5 Å². The standard InChI is InChI=1S/C23H26N4O6/c1-2-22-32-18-8-5-15(12-19(18)33-22)11-17(23(30)31)27-21(29)10-9-20(28)26-16-6-3-14(4-7-16)13-25-24/h3-8,12-13,17,22H,2,9-11,24H2,1H3,(H,26,28)(H,27,29)(H,30,31). The van der Waals surface area contributed by atoms with Crippen LogP contribution in [0.2, 0.25) is 0 Å². The van der Waals surface area contributed by atoms with Crippen LogP contribution >= 0.6 is 0 Å². The fraction of sp³-hybridized carbons (Fsp3) is 0.304. The van der Waals surface area contributed by atoms with Crippen molar-refractivity contribution in [3.63, 3.8) is 0 Å². The molecule has 0 aliphatic carbocycles. The second-order valence-corrected chi connectivity index (χ2v) is 7.47. The lowest BCUT2D eigenvalue weighted by Gasteiger charge is -2.15. The van der Waals surface area contributed by atoms with Gasteiger partial charge >= 0.3 is 5.97 Å². The van der Waals surface area contributed by atoms with Crippen LogP contribution in [0.4, 0.5) is 5.69 Å². The Hall–Kier alpha value is -4.08. The van der Waals surface area contributed by atoms with Crippen molar-refractivity contribution in [1.29, 1.82) is 0 Å². The van der Waals surface area contributed by atoms with Crippen molar-refractivity contribution in [3.8, 4) is 11.5 Å². The van der Waals surface area contributed by atoms with E-state index in [1.165, 1.54) is 6.21 Å². The van der Waals surface area contributed by atoms with Crippen molar-refractivity contribution < 1.29 is 29.0 Å². The Bertz CT molecular complexity index is 1040. The molecule has 2 aromatic rings. The monoisotopic (exact) mass is 454 g/mol. The van der Waals surface area contributed by atoms with Gasteiger partial charge in [-0.1, -0.05) is 25.1 Å². The lowest BCUT2D eigenvalue weighted by Crippen LogP contribution is -2.42. The molecule has 0 aromatic heterocycles. The van der Waals surface area contributed by atoms with Gasteiger partial charge in [0.05, 0.1) is 6.21 Å². The van der Waals surface area contributed by atoms with Gasteiger partial charge in [0.15, 0.2) is 11.5 Å². The van der Waals surface area contributed by atoms with Gasteiger partial charge in [0, 0.05) is 31.4 Å². The van der Waals surface area contributed by atoms with Crippen LogP contribution in [-0.2, 0) is 20.8 Å². The van der Waals surface area contributed by atoms with Gasteiger partial charge in [0.1, 0.15) is 6.04 Å². The third-order valence-electron chi connectivity index (χ3n) is 4.93. The first-order chi connectivity index (χ1) is 15.9. The summed E-state index contributed by atoms with van der Waals surface area (Å²) < 4.78 is 11.2. The van der Waals surface area contributed by atoms with Crippen LogP contribution in [0.1, 0.15) is 37.3 Å². The Balaban J connectivity index is 1.49. The number of amides is 2. The summed E-state index contributed by atoms with van der Waals surface area (Å²) in [5.41, 5.74) is 2.02. The zero-order valence-electron chi connectivity index (χ0n) is 18.1. The molecule has 2 unspecified atom stereocenters. The summed E-state index contributed by atoms with van der Waals surface area (Å²) in [6.45, 7) is 1.93. The van der Waals surface area contributed by atoms with Gasteiger partial charge in [-0.25, -0.2) is 4.79 Å². The summed E-state index contributed by atoms with van der Waals surface area (Å²) in [5, 5.41) is 18.1. The second-order valence-electron chi connectivity index (χ2n) is 7.47. The average molecular weight is 454 g/mol. The van der Waals surface area contributed by atoms with Gasteiger partial charge in [-0.3, -0.25) is 9.59 Å². The number of hydrogen-bond acceptors (Lipinski definition) is 7. The van der Waals surface area contributed by atoms with Crippen LogP contribution in [-0.4, -0.2) is 41.4 Å². The molecule has 2 aromatic carbocycles. The molecule has 5 N–H and O–H groups in total. The molecular formula is C23H26N4O6. The number of aliphatic carboxylic acids is 1. The van der Waals surface area contributed by atoms with E-state index in [9.17, 15) is 19.5 Å². The van der Waals surface area contributed by atoms with Crippen molar-refractivity contribution in [3.05, 3.63) is 53.6 Å². The van der Waals surface area contributed by atoms with Crippen LogP contribution in [0.25, 0.3) is 0 Å². The fourth-order valence-electron chi connectivity index (χ4n) is 3.23. The van der Waals surface area contributed by atoms with Crippen LogP contribution in [0.3, 0.4) is 0 Å². The number of ether oxygens (including phenoxy) is 2. The molecule has 1 heterocycles. The molecule has 2 amide bonds. The number of carboxylic acids is 1. The predicted molar refractivity (Wildman–Crippen MR) is 121 cm³/mol. The van der Waals surface area contributed by atoms with Gasteiger partial charge in [0.2, 0.25) is 18.1 Å². The molecule has 0 radical (unpaired) electrons. The molecule has 3 rings (SSSR count). The largest absolute Gasteiger partial charge is 0.480 e. The Labute approximate surface area is 190 Å². The van der Waals surface area contributed by atoms with Gasteiger partial charge in [0.25, 0.3) is 0 Å². The maximum absolute atomic E-state index is 12.3. The molecule has 0 saturated carbocycles. The molecule has 0 saturated heterocycles. The number of hydrazone groups is 1. The van der Waals surface area contributed by atoms with Crippen LogP contribution < -0.4 is 25.9 Å². The fourth-order valence-corrected chi connectivity index (χ4v) is 3.23. The number of rotatable bonds is 10. The number of nitrogens with zero attached hydrogens (tertiary/aromatic N) is 1. The van der Waals surface area contributed by atoms with Gasteiger partial charge in [-0.05, 0) is 35.4 Å². The first-order valence-electron chi connectivity index (χ1n) is 10.5. The minimum absolute atomic E-state index is 0.0686. The predicted octanol–water partition coefficient (Wildman–Crippen LogP) is 2.02. The smallest absolute Gasteiger partial charge is 0.326 e. The number of carboxylic acid groups (broad SMARTS) is 1. The SMILES string of the molecule is CCC1Oc2ccc(CC(NC(=O)CCC(=O)Nc3ccc(C=NN)cc3)C(=O)O)cc2O1. The molecule has 1 aliphatic rings. The van der Waals surface area contributed by atoms with Crippen LogP contribution in [0, 0.1) is 0 Å². The number of fused-ring (bicyclic) bond motifs is 1. The first kappa shape index (κ1) is 23.6. The second kappa shape index (κ2) is 11.0. The normalized spacial score (nSPS) is 15.2. The van der Waals surface area contributed by atoms with Crippen molar-refractivity contribution in [2.45, 2.75) is 44.9 Å². The van der Waals surface area contributed by atoms with E-state index >= 15 is 0 Å². The number of benzene rings is 2. The molecule has 33 heavy (non-hydrogen) atoms. The highest BCUT2D eigenvalue weighted by Gasteiger charge is 2.25. The van der Waals surface area contributed by atoms with E-state index in [0.29, 0.717) is 29.2 Å². The zero-order chi connectivity index (χ0) is 23.8. The molecule has 1 aliphatic heterocycles. The first-order valence-corrected chi connectivity index (χ1v) is 10.5. The maximum Gasteiger partial charge on any atom is 0.326 e. The molecule has 2 atom stereocenters. The summed E-state index contributed by atoms with van der Waals surface area (Å²) in [6, 6.07) is 10.9. The molecule has 0 spiro atoms. The summed E-state index contributed by atoms with van der Waals surface area (Å²) in [6.07, 6.45) is 1.63. The molecule has 174 valence electrons. The van der Waals surface area contributed by atoms with E-state index in [0.717, 1.165) is 5.56 Å². The van der Waals surface area contributed by atoms with Crippen LogP contribution in [0.15, 0.2) is 47.6 Å². The summed E-state index contributed by atoms with van der Waals surface area (Å²) in [4.78, 5) is 36.0. The number of anilines is 1. The van der Waals surface area contributed by atoms with Gasteiger partial charge < -0.3 is 31.1 Å². The number of nitrogens with one attached hydrogen (secondary N) is 2. The van der Waals surface area contributed by atoms with Gasteiger partial charge in [-0.15, -0.1) is 0 Å². The van der Waals surface area contributed by atoms with E-state index in [-0.39, 0.29) is 31.5 Å². The van der Waals surface area contributed by atoms with Crippen molar-refractivity contribution in [2.24, 2.45) is 10.9 Å². The Morgan fingerprint density at radius 3 is 2.45 bits per heavy atom. The lowest BCUT2D eigenvalue weighted by atomic mass is 10.0. The highest BCUT2D eigenvalue weighted by Crippen LogP contribution is 2.36. The topological polar surface area (TPSA) is 152 Å². The third kappa shape index (κ3) is 6.70. The molecular weight excluding hydrogens is 428 g/mol. The summed E-state index contributed by atoms with van der Waals surface area (Å²) in [5.74, 6) is 4.19. The minimum atomic E-state index is -1.17. The van der Waals surface area contributed by atoms with E-state index in [2.05, 4.69) is 15.7 Å². The van der Waals surface area contributed by atoms with Crippen molar-refractivity contribution in [2.75, 3.05) is 5.32 Å². The Morgan fingerprint density at radius 1 is 1.09 bits per heavy atom. The van der Waals surface area contributed by atoms with Crippen molar-refractivity contribution in [1.82, 2.24) is 5.32 Å². The number of carbonyl (C=O) groups excluding carboxylic acids is 2. The summed E-state index contributed by atoms with van der Waals surface area (Å²) in [7, 11) is 0. The maximum atomic E-state index is 12.3. The Kier molecular flexibility index (Phi) is 7.85. The van der Waals surface area contributed by atoms with E-state index in [4.69, 9.17) is 15.3 Å². The number of hydrogen-bond donors (Lipinski definition) is 4. The number of carbonyl (C=O) groups is 3. The van der Waals surface area contributed by atoms with E-state index in [1.807, 2.05) is 6.92 Å². The number of nitrogens with two attached hydrogens (primary N) is 1. The lowest BCUT2D eigenvalue weighted by molar-refractivity contribution is -0.141. The molecule has 10 heteroatoms. The van der Waals surface area contributed by atoms with Gasteiger partial charge in [-0.2, -0.15) is 5.10 Å². The average Bonchev–Trinajstić information content (AvgIpc) is 3.21. The minimum Gasteiger partial charge on any atom is -0.480 e. The zero-order valence-corrected chi connectivity index (χ0v) is 18.1. The molecule has 0 bridgehead atoms. The van der Waals surface area contributed by atoms with Crippen LogP contribution in [0.5, 0.6) is 11.5 Å². The quantitative estimate of drug-likeness (QED) is 0.243. The third-order valence-corrected chi connectivity index (χ3v) is 4.93. The van der Waals surface area contributed by atoms with E-state index < -0.39 is 17.9 Å². The summed E-state index contributed by atoms with van der Waals surface area (Å²) >= 11 is 0. The molecule has 0 fully saturated rings. The Morgan fingerprint density at radius 2 is 1.79 bits per heavy atom. The molecule has 10 nitrogen and oxygen atoms in total.